The van der Waals surface area contributed by atoms with Gasteiger partial charge in [0.2, 0.25) is 5.91 Å². The smallest absolute Gasteiger partial charge is 0.326 e. The van der Waals surface area contributed by atoms with Gasteiger partial charge < -0.3 is 15.7 Å². The van der Waals surface area contributed by atoms with Crippen molar-refractivity contribution in [3.63, 3.8) is 0 Å². The zero-order valence-corrected chi connectivity index (χ0v) is 10.5. The van der Waals surface area contributed by atoms with Gasteiger partial charge in [-0.1, -0.05) is 20.3 Å². The van der Waals surface area contributed by atoms with Gasteiger partial charge in [0.15, 0.2) is 0 Å². The predicted octanol–water partition coefficient (Wildman–Crippen LogP) is 0.744. The predicted molar refractivity (Wildman–Crippen MR) is 64.7 cm³/mol. The highest BCUT2D eigenvalue weighted by Crippen LogP contribution is 2.15. The van der Waals surface area contributed by atoms with E-state index >= 15 is 0 Å². The minimum atomic E-state index is -0.955. The molecule has 0 spiro atoms. The van der Waals surface area contributed by atoms with Gasteiger partial charge in [-0.05, 0) is 31.7 Å². The second kappa shape index (κ2) is 6.59. The molecule has 1 saturated heterocycles. The van der Waals surface area contributed by atoms with Gasteiger partial charge >= 0.3 is 5.97 Å². The van der Waals surface area contributed by atoms with Crippen molar-refractivity contribution in [2.24, 2.45) is 5.92 Å². The Balaban J connectivity index is 2.48. The Hall–Kier alpha value is -1.10. The fourth-order valence-corrected chi connectivity index (χ4v) is 2.13. The molecule has 1 fully saturated rings. The van der Waals surface area contributed by atoms with Crippen molar-refractivity contribution in [2.75, 3.05) is 6.54 Å². The molecule has 0 aromatic carbocycles. The van der Waals surface area contributed by atoms with Gasteiger partial charge in [0.05, 0.1) is 6.04 Å². The molecule has 0 saturated carbocycles. The summed E-state index contributed by atoms with van der Waals surface area (Å²) in [6.45, 7) is 4.84. The lowest BCUT2D eigenvalue weighted by molar-refractivity contribution is -0.142. The molecule has 17 heavy (non-hydrogen) atoms. The van der Waals surface area contributed by atoms with E-state index in [1.165, 1.54) is 0 Å². The normalized spacial score (nSPS) is 26.2. The molecule has 0 aromatic heterocycles. The van der Waals surface area contributed by atoms with Crippen molar-refractivity contribution in [3.05, 3.63) is 0 Å². The molecule has 5 heteroatoms. The summed E-state index contributed by atoms with van der Waals surface area (Å²) in [6, 6.07) is -0.996. The summed E-state index contributed by atoms with van der Waals surface area (Å²) < 4.78 is 0. The topological polar surface area (TPSA) is 78.4 Å². The van der Waals surface area contributed by atoms with Crippen molar-refractivity contribution in [1.29, 1.82) is 0 Å². The summed E-state index contributed by atoms with van der Waals surface area (Å²) in [4.78, 5) is 22.8. The van der Waals surface area contributed by atoms with Crippen molar-refractivity contribution in [3.8, 4) is 0 Å². The Morgan fingerprint density at radius 2 is 2.24 bits per heavy atom. The number of carboxylic acids is 1. The summed E-state index contributed by atoms with van der Waals surface area (Å²) in [5, 5.41) is 14.7. The number of hydrogen-bond donors (Lipinski definition) is 3. The molecular formula is C12H22N2O3. The Labute approximate surface area is 102 Å². The molecule has 0 bridgehead atoms. The van der Waals surface area contributed by atoms with Crippen LogP contribution in [0.3, 0.4) is 0 Å². The highest BCUT2D eigenvalue weighted by molar-refractivity contribution is 5.86. The Kier molecular flexibility index (Phi) is 5.41. The molecule has 1 rings (SSSR count). The van der Waals surface area contributed by atoms with Gasteiger partial charge in [0.25, 0.3) is 0 Å². The van der Waals surface area contributed by atoms with Crippen LogP contribution in [0.1, 0.15) is 39.5 Å². The van der Waals surface area contributed by atoms with E-state index in [1.54, 1.807) is 0 Å². The van der Waals surface area contributed by atoms with Crippen LogP contribution in [-0.4, -0.2) is 35.6 Å². The van der Waals surface area contributed by atoms with E-state index in [9.17, 15) is 9.59 Å². The van der Waals surface area contributed by atoms with E-state index in [1.807, 2.05) is 6.92 Å². The molecule has 0 aliphatic carbocycles. The molecule has 1 heterocycles. The van der Waals surface area contributed by atoms with Crippen LogP contribution in [0.4, 0.5) is 0 Å². The molecule has 0 aromatic rings. The SMILES string of the molecule is CCC[C@@H](NC(=O)C1CC(C)CCN1)C(=O)O. The molecule has 3 atom stereocenters. The average molecular weight is 242 g/mol. The number of amides is 1. The molecule has 1 aliphatic heterocycles. The van der Waals surface area contributed by atoms with Gasteiger partial charge in [-0.3, -0.25) is 4.79 Å². The molecule has 5 nitrogen and oxygen atoms in total. The third-order valence-corrected chi connectivity index (χ3v) is 3.17. The van der Waals surface area contributed by atoms with Crippen LogP contribution < -0.4 is 10.6 Å². The number of rotatable bonds is 5. The van der Waals surface area contributed by atoms with Crippen molar-refractivity contribution >= 4 is 11.9 Å². The standard InChI is InChI=1S/C12H22N2O3/c1-3-4-9(12(16)17)14-11(15)10-7-8(2)5-6-13-10/h8-10,13H,3-7H2,1-2H3,(H,14,15)(H,16,17)/t8?,9-,10?/m1/s1. The molecular weight excluding hydrogens is 220 g/mol. The fraction of sp³-hybridized carbons (Fsp3) is 0.833. The summed E-state index contributed by atoms with van der Waals surface area (Å²) in [5.41, 5.74) is 0. The molecule has 3 N–H and O–H groups in total. The lowest BCUT2D eigenvalue weighted by atomic mass is 9.93. The zero-order valence-electron chi connectivity index (χ0n) is 10.5. The lowest BCUT2D eigenvalue weighted by Crippen LogP contribution is -2.52. The average Bonchev–Trinajstić information content (AvgIpc) is 2.28. The van der Waals surface area contributed by atoms with Gasteiger partial charge in [0, 0.05) is 0 Å². The minimum Gasteiger partial charge on any atom is -0.480 e. The zero-order chi connectivity index (χ0) is 12.8. The first kappa shape index (κ1) is 14.0. The molecule has 2 unspecified atom stereocenters. The first-order valence-corrected chi connectivity index (χ1v) is 6.31. The van der Waals surface area contributed by atoms with Gasteiger partial charge in [0.1, 0.15) is 6.04 Å². The molecule has 1 amide bonds. The maximum absolute atomic E-state index is 11.9. The van der Waals surface area contributed by atoms with Crippen molar-refractivity contribution < 1.29 is 14.7 Å². The summed E-state index contributed by atoms with van der Waals surface area (Å²) >= 11 is 0. The van der Waals surface area contributed by atoms with E-state index in [-0.39, 0.29) is 11.9 Å². The van der Waals surface area contributed by atoms with Crippen LogP contribution in [0.15, 0.2) is 0 Å². The fourth-order valence-electron chi connectivity index (χ4n) is 2.13. The molecule has 98 valence electrons. The number of nitrogens with one attached hydrogen (secondary N) is 2. The first-order chi connectivity index (χ1) is 8.04. The summed E-state index contributed by atoms with van der Waals surface area (Å²) in [6.07, 6.45) is 3.07. The number of carbonyl (C=O) groups is 2. The summed E-state index contributed by atoms with van der Waals surface area (Å²) in [7, 11) is 0. The van der Waals surface area contributed by atoms with Crippen LogP contribution in [0.25, 0.3) is 0 Å². The number of hydrogen-bond acceptors (Lipinski definition) is 3. The monoisotopic (exact) mass is 242 g/mol. The van der Waals surface area contributed by atoms with E-state index in [4.69, 9.17) is 5.11 Å². The molecule has 1 aliphatic rings. The number of carboxylic acid groups (broad SMARTS) is 1. The van der Waals surface area contributed by atoms with Gasteiger partial charge in [-0.15, -0.1) is 0 Å². The third-order valence-electron chi connectivity index (χ3n) is 3.17. The highest BCUT2D eigenvalue weighted by atomic mass is 16.4. The third kappa shape index (κ3) is 4.34. The summed E-state index contributed by atoms with van der Waals surface area (Å²) in [5.74, 6) is -0.622. The molecule has 0 radical (unpaired) electrons. The van der Waals surface area contributed by atoms with Crippen molar-refractivity contribution in [2.45, 2.75) is 51.6 Å². The van der Waals surface area contributed by atoms with E-state index in [0.717, 1.165) is 25.8 Å². The van der Waals surface area contributed by atoms with Gasteiger partial charge in [-0.2, -0.15) is 0 Å². The quantitative estimate of drug-likeness (QED) is 0.664. The number of piperidine rings is 1. The maximum Gasteiger partial charge on any atom is 0.326 e. The maximum atomic E-state index is 11.9. The number of aliphatic carboxylic acids is 1. The van der Waals surface area contributed by atoms with E-state index < -0.39 is 12.0 Å². The Bertz CT molecular complexity index is 281. The van der Waals surface area contributed by atoms with Crippen LogP contribution >= 0.6 is 0 Å². The Morgan fingerprint density at radius 1 is 1.53 bits per heavy atom. The van der Waals surface area contributed by atoms with Crippen LogP contribution in [0, 0.1) is 5.92 Å². The second-order valence-corrected chi connectivity index (χ2v) is 4.82. The van der Waals surface area contributed by atoms with Crippen LogP contribution in [0.2, 0.25) is 0 Å². The van der Waals surface area contributed by atoms with E-state index in [0.29, 0.717) is 12.3 Å². The van der Waals surface area contributed by atoms with Crippen LogP contribution in [0.5, 0.6) is 0 Å². The first-order valence-electron chi connectivity index (χ1n) is 6.31. The van der Waals surface area contributed by atoms with E-state index in [2.05, 4.69) is 17.6 Å². The van der Waals surface area contributed by atoms with Gasteiger partial charge in [-0.25, -0.2) is 4.79 Å². The second-order valence-electron chi connectivity index (χ2n) is 4.82. The highest BCUT2D eigenvalue weighted by Gasteiger charge is 2.27. The number of carbonyl (C=O) groups excluding carboxylic acids is 1. The lowest BCUT2D eigenvalue weighted by Gasteiger charge is -2.28. The van der Waals surface area contributed by atoms with Crippen LogP contribution in [-0.2, 0) is 9.59 Å². The minimum absolute atomic E-state index is 0.183. The largest absolute Gasteiger partial charge is 0.480 e. The Morgan fingerprint density at radius 3 is 2.76 bits per heavy atom. The van der Waals surface area contributed by atoms with Crippen molar-refractivity contribution in [1.82, 2.24) is 10.6 Å².